The van der Waals surface area contributed by atoms with Crippen LogP contribution < -0.4 is 0 Å². The van der Waals surface area contributed by atoms with Gasteiger partial charge in [0.1, 0.15) is 0 Å². The summed E-state index contributed by atoms with van der Waals surface area (Å²) >= 11 is 0. The molecule has 0 aliphatic heterocycles. The highest BCUT2D eigenvalue weighted by Crippen LogP contribution is 2.67. The predicted molar refractivity (Wildman–Crippen MR) is 101 cm³/mol. The van der Waals surface area contributed by atoms with E-state index in [0.717, 1.165) is 42.4 Å². The molecule has 0 spiro atoms. The molecule has 0 radical (unpaired) electrons. The first-order valence-corrected chi connectivity index (χ1v) is 11.2. The van der Waals surface area contributed by atoms with E-state index < -0.39 is 5.97 Å². The molecule has 4 saturated carbocycles. The molecule has 0 aromatic heterocycles. The van der Waals surface area contributed by atoms with Crippen LogP contribution >= 0.6 is 0 Å². The second-order valence-corrected chi connectivity index (χ2v) is 10.5. The Bertz CT molecular complexity index is 514. The molecule has 7 atom stereocenters. The largest absolute Gasteiger partial charge is 0.481 e. The molecule has 25 heavy (non-hydrogen) atoms. The van der Waals surface area contributed by atoms with E-state index in [1.165, 1.54) is 64.2 Å². The number of hydrogen-bond donors (Lipinski definition) is 1. The van der Waals surface area contributed by atoms with Crippen LogP contribution in [0.3, 0.4) is 0 Å². The molecule has 2 heteroatoms. The van der Waals surface area contributed by atoms with E-state index in [-0.39, 0.29) is 0 Å². The molecular weight excluding hydrogens is 308 g/mol. The Kier molecular flexibility index (Phi) is 4.69. The summed E-state index contributed by atoms with van der Waals surface area (Å²) < 4.78 is 0. The van der Waals surface area contributed by atoms with Crippen LogP contribution in [0, 0.1) is 40.4 Å². The number of rotatable bonds is 4. The number of carbonyl (C=O) groups is 1. The van der Waals surface area contributed by atoms with Crippen molar-refractivity contribution in [1.29, 1.82) is 0 Å². The Morgan fingerprint density at radius 1 is 0.920 bits per heavy atom. The lowest BCUT2D eigenvalue weighted by Crippen LogP contribution is -2.52. The van der Waals surface area contributed by atoms with Crippen molar-refractivity contribution in [2.45, 2.75) is 97.3 Å². The zero-order valence-corrected chi connectivity index (χ0v) is 16.4. The normalized spacial score (nSPS) is 49.1. The minimum Gasteiger partial charge on any atom is -0.481 e. The number of aliphatic carboxylic acids is 1. The van der Waals surface area contributed by atoms with Crippen molar-refractivity contribution in [3.63, 3.8) is 0 Å². The van der Waals surface area contributed by atoms with Gasteiger partial charge in [-0.15, -0.1) is 0 Å². The average molecular weight is 347 g/mol. The molecule has 3 unspecified atom stereocenters. The molecule has 0 heterocycles. The zero-order valence-electron chi connectivity index (χ0n) is 16.4. The third kappa shape index (κ3) is 2.86. The summed E-state index contributed by atoms with van der Waals surface area (Å²) in [5.74, 6) is 4.08. The maximum Gasteiger partial charge on any atom is 0.303 e. The van der Waals surface area contributed by atoms with E-state index >= 15 is 0 Å². The topological polar surface area (TPSA) is 37.3 Å². The highest BCUT2D eigenvalue weighted by molar-refractivity contribution is 5.66. The van der Waals surface area contributed by atoms with Crippen LogP contribution in [0.15, 0.2) is 0 Å². The summed E-state index contributed by atoms with van der Waals surface area (Å²) in [6, 6.07) is 0. The maximum absolute atomic E-state index is 10.9. The molecule has 0 bridgehead atoms. The van der Waals surface area contributed by atoms with Gasteiger partial charge in [0.15, 0.2) is 0 Å². The van der Waals surface area contributed by atoms with Gasteiger partial charge in [-0.25, -0.2) is 0 Å². The SMILES string of the molecule is C[C@]12CCC3[C@@H](CC[C@@H]4CCCC[C@]34C)C1CCC2CCCC(=O)O. The fourth-order valence-corrected chi connectivity index (χ4v) is 8.38. The molecular formula is C23H38O2. The fourth-order valence-electron chi connectivity index (χ4n) is 8.38. The second-order valence-electron chi connectivity index (χ2n) is 10.5. The Hall–Kier alpha value is -0.530. The van der Waals surface area contributed by atoms with Gasteiger partial charge in [0.25, 0.3) is 0 Å². The van der Waals surface area contributed by atoms with Crippen LogP contribution in [0.5, 0.6) is 0 Å². The number of fused-ring (bicyclic) bond motifs is 5. The first-order valence-electron chi connectivity index (χ1n) is 11.2. The third-order valence-electron chi connectivity index (χ3n) is 9.72. The minimum atomic E-state index is -0.619. The van der Waals surface area contributed by atoms with Gasteiger partial charge >= 0.3 is 5.97 Å². The van der Waals surface area contributed by atoms with Crippen LogP contribution in [0.1, 0.15) is 97.3 Å². The fraction of sp³-hybridized carbons (Fsp3) is 0.957. The first kappa shape index (κ1) is 17.9. The van der Waals surface area contributed by atoms with Crippen LogP contribution in [0.2, 0.25) is 0 Å². The number of carboxylic acid groups (broad SMARTS) is 1. The van der Waals surface area contributed by atoms with Crippen LogP contribution in [-0.4, -0.2) is 11.1 Å². The molecule has 0 saturated heterocycles. The van der Waals surface area contributed by atoms with Gasteiger partial charge in [-0.2, -0.15) is 0 Å². The van der Waals surface area contributed by atoms with Gasteiger partial charge < -0.3 is 5.11 Å². The van der Waals surface area contributed by atoms with Crippen molar-refractivity contribution in [3.8, 4) is 0 Å². The van der Waals surface area contributed by atoms with E-state index in [1.807, 2.05) is 0 Å². The molecule has 142 valence electrons. The molecule has 0 aromatic carbocycles. The molecule has 4 rings (SSSR count). The summed E-state index contributed by atoms with van der Waals surface area (Å²) in [5.41, 5.74) is 1.15. The minimum absolute atomic E-state index is 0.364. The molecule has 4 aliphatic rings. The van der Waals surface area contributed by atoms with Crippen molar-refractivity contribution in [2.24, 2.45) is 40.4 Å². The molecule has 4 aliphatic carbocycles. The molecule has 0 amide bonds. The van der Waals surface area contributed by atoms with E-state index in [1.54, 1.807) is 0 Å². The lowest BCUT2D eigenvalue weighted by Gasteiger charge is -2.60. The van der Waals surface area contributed by atoms with Crippen molar-refractivity contribution in [1.82, 2.24) is 0 Å². The first-order chi connectivity index (χ1) is 11.9. The molecule has 1 N–H and O–H groups in total. The molecule has 2 nitrogen and oxygen atoms in total. The highest BCUT2D eigenvalue weighted by atomic mass is 16.4. The summed E-state index contributed by atoms with van der Waals surface area (Å²) in [4.78, 5) is 10.9. The Morgan fingerprint density at radius 3 is 2.52 bits per heavy atom. The van der Waals surface area contributed by atoms with Gasteiger partial charge in [0, 0.05) is 6.42 Å². The number of hydrogen-bond acceptors (Lipinski definition) is 1. The Morgan fingerprint density at radius 2 is 1.72 bits per heavy atom. The summed E-state index contributed by atoms with van der Waals surface area (Å²) in [7, 11) is 0. The van der Waals surface area contributed by atoms with Crippen LogP contribution in [-0.2, 0) is 4.79 Å². The summed E-state index contributed by atoms with van der Waals surface area (Å²) in [5, 5.41) is 8.98. The Labute approximate surface area is 154 Å². The van der Waals surface area contributed by atoms with Crippen LogP contribution in [0.25, 0.3) is 0 Å². The lowest BCUT2D eigenvalue weighted by molar-refractivity contribution is -0.137. The van der Waals surface area contributed by atoms with Gasteiger partial charge in [0.2, 0.25) is 0 Å². The van der Waals surface area contributed by atoms with Gasteiger partial charge in [0.05, 0.1) is 0 Å². The van der Waals surface area contributed by atoms with Crippen molar-refractivity contribution >= 4 is 5.97 Å². The highest BCUT2D eigenvalue weighted by Gasteiger charge is 2.59. The van der Waals surface area contributed by atoms with Gasteiger partial charge in [-0.1, -0.05) is 26.7 Å². The van der Waals surface area contributed by atoms with Crippen molar-refractivity contribution in [3.05, 3.63) is 0 Å². The lowest BCUT2D eigenvalue weighted by atomic mass is 9.45. The Balaban J connectivity index is 1.48. The van der Waals surface area contributed by atoms with Gasteiger partial charge in [-0.3, -0.25) is 4.79 Å². The third-order valence-corrected chi connectivity index (χ3v) is 9.72. The van der Waals surface area contributed by atoms with E-state index in [4.69, 9.17) is 5.11 Å². The average Bonchev–Trinajstić information content (AvgIpc) is 2.91. The zero-order chi connectivity index (χ0) is 17.7. The quantitative estimate of drug-likeness (QED) is 0.649. The van der Waals surface area contributed by atoms with Gasteiger partial charge in [-0.05, 0) is 105 Å². The monoisotopic (exact) mass is 346 g/mol. The summed E-state index contributed by atoms with van der Waals surface area (Å²) in [6.45, 7) is 5.25. The van der Waals surface area contributed by atoms with Crippen molar-refractivity contribution < 1.29 is 9.90 Å². The predicted octanol–water partition coefficient (Wildman–Crippen LogP) is 6.29. The van der Waals surface area contributed by atoms with Crippen LogP contribution in [0.4, 0.5) is 0 Å². The maximum atomic E-state index is 10.9. The van der Waals surface area contributed by atoms with E-state index in [9.17, 15) is 4.79 Å². The molecule has 4 fully saturated rings. The second kappa shape index (κ2) is 6.57. The number of carboxylic acids is 1. The smallest absolute Gasteiger partial charge is 0.303 e. The van der Waals surface area contributed by atoms with Crippen molar-refractivity contribution in [2.75, 3.05) is 0 Å². The molecule has 0 aromatic rings. The standard InChI is InChI=1S/C23H38O2/c1-22-14-4-3-6-16(22)9-11-18-19-12-10-17(7-5-8-21(24)25)23(19,2)15-13-20(18)22/h16-20H,3-15H2,1-2H3,(H,24,25)/t16-,17?,18-,19?,20?,22-,23+/m0/s1. The van der Waals surface area contributed by atoms with E-state index in [0.29, 0.717) is 17.3 Å². The summed E-state index contributed by atoms with van der Waals surface area (Å²) in [6.07, 6.45) is 17.0. The van der Waals surface area contributed by atoms with E-state index in [2.05, 4.69) is 13.8 Å².